The molecule has 1 aromatic rings. The Morgan fingerprint density at radius 2 is 1.80 bits per heavy atom. The molecule has 4 rings (SSSR count). The Morgan fingerprint density at radius 3 is 2.40 bits per heavy atom. The molecule has 136 valence electrons. The minimum Gasteiger partial charge on any atom is -0.336 e. The molecule has 1 aliphatic heterocycles. The Morgan fingerprint density at radius 1 is 1.12 bits per heavy atom. The van der Waals surface area contributed by atoms with Crippen LogP contribution in [0.25, 0.3) is 0 Å². The molecule has 0 aromatic heterocycles. The largest absolute Gasteiger partial charge is 0.336 e. The second kappa shape index (κ2) is 6.67. The van der Waals surface area contributed by atoms with Crippen molar-refractivity contribution in [3.63, 3.8) is 0 Å². The van der Waals surface area contributed by atoms with E-state index in [-0.39, 0.29) is 17.7 Å². The SMILES string of the molecule is CCN1CCC(N(C(=O)[C@H]2C[C@H]2c2ccc(F)c(F)c2)C2CC2)CC1. The lowest BCUT2D eigenvalue weighted by Crippen LogP contribution is -2.49. The number of carbonyl (C=O) groups is 1. The fraction of sp³-hybridized carbons (Fsp3) is 0.650. The van der Waals surface area contributed by atoms with Gasteiger partial charge >= 0.3 is 0 Å². The van der Waals surface area contributed by atoms with Crippen molar-refractivity contribution < 1.29 is 13.6 Å². The third-order valence-corrected chi connectivity index (χ3v) is 6.07. The number of rotatable bonds is 5. The summed E-state index contributed by atoms with van der Waals surface area (Å²) in [4.78, 5) is 17.7. The van der Waals surface area contributed by atoms with Crippen LogP contribution in [0.5, 0.6) is 0 Å². The van der Waals surface area contributed by atoms with E-state index in [0.717, 1.165) is 57.3 Å². The smallest absolute Gasteiger partial charge is 0.226 e. The van der Waals surface area contributed by atoms with Crippen LogP contribution >= 0.6 is 0 Å². The topological polar surface area (TPSA) is 23.6 Å². The molecule has 0 unspecified atom stereocenters. The van der Waals surface area contributed by atoms with Crippen LogP contribution in [-0.2, 0) is 4.79 Å². The molecule has 2 aliphatic carbocycles. The predicted molar refractivity (Wildman–Crippen MR) is 92.2 cm³/mol. The first-order valence-corrected chi connectivity index (χ1v) is 9.58. The van der Waals surface area contributed by atoms with Crippen molar-refractivity contribution >= 4 is 5.91 Å². The fourth-order valence-corrected chi connectivity index (χ4v) is 4.30. The summed E-state index contributed by atoms with van der Waals surface area (Å²) in [7, 11) is 0. The van der Waals surface area contributed by atoms with Crippen molar-refractivity contribution in [1.82, 2.24) is 9.80 Å². The highest BCUT2D eigenvalue weighted by Gasteiger charge is 2.50. The predicted octanol–water partition coefficient (Wildman–Crippen LogP) is 3.54. The zero-order valence-electron chi connectivity index (χ0n) is 14.8. The van der Waals surface area contributed by atoms with Crippen LogP contribution in [0.2, 0.25) is 0 Å². The molecule has 25 heavy (non-hydrogen) atoms. The van der Waals surface area contributed by atoms with Crippen LogP contribution in [-0.4, -0.2) is 47.4 Å². The first kappa shape index (κ1) is 17.0. The summed E-state index contributed by atoms with van der Waals surface area (Å²) in [5.74, 6) is -1.39. The number of likely N-dealkylation sites (tertiary alicyclic amines) is 1. The van der Waals surface area contributed by atoms with E-state index in [2.05, 4.69) is 16.7 Å². The fourth-order valence-electron chi connectivity index (χ4n) is 4.30. The van der Waals surface area contributed by atoms with Gasteiger partial charge in [0, 0.05) is 31.1 Å². The number of piperidine rings is 1. The van der Waals surface area contributed by atoms with Crippen LogP contribution in [0, 0.1) is 17.6 Å². The van der Waals surface area contributed by atoms with Crippen molar-refractivity contribution in [3.8, 4) is 0 Å². The minimum atomic E-state index is -0.824. The van der Waals surface area contributed by atoms with Gasteiger partial charge in [-0.25, -0.2) is 8.78 Å². The van der Waals surface area contributed by atoms with Crippen molar-refractivity contribution in [3.05, 3.63) is 35.4 Å². The summed E-state index contributed by atoms with van der Waals surface area (Å²) in [5.41, 5.74) is 0.758. The lowest BCUT2D eigenvalue weighted by molar-refractivity contribution is -0.136. The highest BCUT2D eigenvalue weighted by molar-refractivity contribution is 5.84. The summed E-state index contributed by atoms with van der Waals surface area (Å²) in [6, 6.07) is 4.82. The van der Waals surface area contributed by atoms with Crippen LogP contribution in [0.3, 0.4) is 0 Å². The van der Waals surface area contributed by atoms with Gasteiger partial charge in [-0.05, 0) is 62.3 Å². The highest BCUT2D eigenvalue weighted by atomic mass is 19.2. The number of hydrogen-bond donors (Lipinski definition) is 0. The average molecular weight is 348 g/mol. The van der Waals surface area contributed by atoms with Crippen molar-refractivity contribution in [2.45, 2.75) is 57.0 Å². The molecule has 5 heteroatoms. The summed E-state index contributed by atoms with van der Waals surface area (Å²) in [6.07, 6.45) is 5.10. The van der Waals surface area contributed by atoms with E-state index in [4.69, 9.17) is 0 Å². The van der Waals surface area contributed by atoms with Crippen molar-refractivity contribution in [2.75, 3.05) is 19.6 Å². The van der Waals surface area contributed by atoms with Crippen LogP contribution in [0.4, 0.5) is 8.78 Å². The third-order valence-electron chi connectivity index (χ3n) is 6.07. The molecule has 0 bridgehead atoms. The third kappa shape index (κ3) is 3.43. The zero-order chi connectivity index (χ0) is 17.6. The van der Waals surface area contributed by atoms with Gasteiger partial charge in [0.15, 0.2) is 11.6 Å². The Bertz CT molecular complexity index is 653. The van der Waals surface area contributed by atoms with E-state index in [1.165, 1.54) is 12.1 Å². The van der Waals surface area contributed by atoms with Gasteiger partial charge in [0.05, 0.1) is 0 Å². The van der Waals surface area contributed by atoms with Gasteiger partial charge in [-0.15, -0.1) is 0 Å². The lowest BCUT2D eigenvalue weighted by Gasteiger charge is -2.38. The van der Waals surface area contributed by atoms with E-state index < -0.39 is 11.6 Å². The quantitative estimate of drug-likeness (QED) is 0.812. The Labute approximate surface area is 148 Å². The van der Waals surface area contributed by atoms with Crippen molar-refractivity contribution in [1.29, 1.82) is 0 Å². The van der Waals surface area contributed by atoms with Gasteiger partial charge in [-0.3, -0.25) is 4.79 Å². The first-order valence-electron chi connectivity index (χ1n) is 9.58. The summed E-state index contributed by atoms with van der Waals surface area (Å²) in [6.45, 7) is 5.38. The molecule has 1 amide bonds. The van der Waals surface area contributed by atoms with E-state index in [9.17, 15) is 13.6 Å². The molecule has 0 radical (unpaired) electrons. The number of hydrogen-bond acceptors (Lipinski definition) is 2. The van der Waals surface area contributed by atoms with E-state index in [1.807, 2.05) is 0 Å². The Hall–Kier alpha value is -1.49. The maximum absolute atomic E-state index is 13.5. The number of nitrogens with zero attached hydrogens (tertiary/aromatic N) is 2. The molecular weight excluding hydrogens is 322 g/mol. The van der Waals surface area contributed by atoms with Crippen LogP contribution < -0.4 is 0 Å². The Kier molecular flexibility index (Phi) is 4.52. The normalized spacial score (nSPS) is 27.3. The maximum Gasteiger partial charge on any atom is 0.226 e. The molecule has 3 fully saturated rings. The molecule has 2 saturated carbocycles. The molecule has 3 nitrogen and oxygen atoms in total. The molecule has 3 aliphatic rings. The van der Waals surface area contributed by atoms with Crippen LogP contribution in [0.1, 0.15) is 50.5 Å². The molecular formula is C20H26F2N2O. The molecule has 1 aromatic carbocycles. The zero-order valence-corrected chi connectivity index (χ0v) is 14.8. The van der Waals surface area contributed by atoms with Crippen LogP contribution in [0.15, 0.2) is 18.2 Å². The molecule has 0 N–H and O–H groups in total. The molecule has 1 heterocycles. The second-order valence-electron chi connectivity index (χ2n) is 7.76. The van der Waals surface area contributed by atoms with E-state index >= 15 is 0 Å². The molecule has 2 atom stereocenters. The number of carbonyl (C=O) groups excluding carboxylic acids is 1. The van der Waals surface area contributed by atoms with Gasteiger partial charge < -0.3 is 9.80 Å². The minimum absolute atomic E-state index is 0.0466. The molecule has 1 saturated heterocycles. The average Bonchev–Trinajstić information content (AvgIpc) is 3.52. The number of halogens is 2. The molecule has 0 spiro atoms. The monoisotopic (exact) mass is 348 g/mol. The summed E-state index contributed by atoms with van der Waals surface area (Å²) < 4.78 is 26.6. The number of benzene rings is 1. The second-order valence-corrected chi connectivity index (χ2v) is 7.76. The van der Waals surface area contributed by atoms with Crippen molar-refractivity contribution in [2.24, 2.45) is 5.92 Å². The summed E-state index contributed by atoms with van der Waals surface area (Å²) in [5, 5.41) is 0. The summed E-state index contributed by atoms with van der Waals surface area (Å²) >= 11 is 0. The van der Waals surface area contributed by atoms with Gasteiger partial charge in [0.2, 0.25) is 5.91 Å². The van der Waals surface area contributed by atoms with Gasteiger partial charge in [-0.1, -0.05) is 13.0 Å². The van der Waals surface area contributed by atoms with Gasteiger partial charge in [0.1, 0.15) is 0 Å². The van der Waals surface area contributed by atoms with E-state index in [0.29, 0.717) is 12.1 Å². The maximum atomic E-state index is 13.5. The Balaban J connectivity index is 1.43. The van der Waals surface area contributed by atoms with Gasteiger partial charge in [-0.2, -0.15) is 0 Å². The highest BCUT2D eigenvalue weighted by Crippen LogP contribution is 2.50. The van der Waals surface area contributed by atoms with Gasteiger partial charge in [0.25, 0.3) is 0 Å². The number of amides is 1. The van der Waals surface area contributed by atoms with E-state index in [1.54, 1.807) is 6.07 Å². The standard InChI is InChI=1S/C20H26F2N2O/c1-2-23-9-7-15(8-10-23)24(14-4-5-14)20(25)17-12-16(17)13-3-6-18(21)19(22)11-13/h3,6,11,14-17H,2,4-5,7-10,12H2,1H3/t16-,17-/m0/s1. The lowest BCUT2D eigenvalue weighted by atomic mass is 10.0. The first-order chi connectivity index (χ1) is 12.1.